The fourth-order valence-corrected chi connectivity index (χ4v) is 2.74. The fourth-order valence-electron chi connectivity index (χ4n) is 2.74. The van der Waals surface area contributed by atoms with Gasteiger partial charge in [0.1, 0.15) is 0 Å². The van der Waals surface area contributed by atoms with Gasteiger partial charge >= 0.3 is 5.97 Å². The number of benzene rings is 1. The number of likely N-dealkylation sites (tertiary alicyclic amines) is 1. The first-order chi connectivity index (χ1) is 9.24. The van der Waals surface area contributed by atoms with E-state index >= 15 is 0 Å². The predicted octanol–water partition coefficient (Wildman–Crippen LogP) is 2.77. The van der Waals surface area contributed by atoms with Crippen LogP contribution in [0.4, 0.5) is 0 Å². The van der Waals surface area contributed by atoms with Crippen LogP contribution >= 0.6 is 0 Å². The Balaban J connectivity index is 2.07. The molecule has 1 atom stereocenters. The minimum atomic E-state index is -0.241. The molecule has 0 spiro atoms. The standard InChI is InChI=1S/C16H21NO2/c1-3-15-14(11-16(18)19-2)9-10-17(15)12-13-7-5-4-6-8-13/h4-8,11,15H,3,9-10,12H2,1-2H3/b14-11+. The smallest absolute Gasteiger partial charge is 0.330 e. The number of carbonyl (C=O) groups is 1. The summed E-state index contributed by atoms with van der Waals surface area (Å²) < 4.78 is 4.72. The van der Waals surface area contributed by atoms with E-state index in [2.05, 4.69) is 36.1 Å². The molecule has 2 rings (SSSR count). The van der Waals surface area contributed by atoms with Crippen molar-refractivity contribution in [2.24, 2.45) is 0 Å². The summed E-state index contributed by atoms with van der Waals surface area (Å²) in [5, 5.41) is 0. The second kappa shape index (κ2) is 6.53. The Morgan fingerprint density at radius 3 is 2.79 bits per heavy atom. The second-order valence-electron chi connectivity index (χ2n) is 4.87. The van der Waals surface area contributed by atoms with Crippen molar-refractivity contribution in [3.63, 3.8) is 0 Å². The monoisotopic (exact) mass is 259 g/mol. The van der Waals surface area contributed by atoms with Crippen LogP contribution in [-0.4, -0.2) is 30.6 Å². The van der Waals surface area contributed by atoms with Gasteiger partial charge in [0.25, 0.3) is 0 Å². The number of nitrogens with zero attached hydrogens (tertiary/aromatic N) is 1. The molecular weight excluding hydrogens is 238 g/mol. The molecule has 0 radical (unpaired) electrons. The van der Waals surface area contributed by atoms with Gasteiger partial charge in [-0.25, -0.2) is 4.79 Å². The van der Waals surface area contributed by atoms with Crippen molar-refractivity contribution >= 4 is 5.97 Å². The largest absolute Gasteiger partial charge is 0.466 e. The van der Waals surface area contributed by atoms with E-state index in [-0.39, 0.29) is 5.97 Å². The topological polar surface area (TPSA) is 29.5 Å². The van der Waals surface area contributed by atoms with Gasteiger partial charge in [0.2, 0.25) is 0 Å². The van der Waals surface area contributed by atoms with Gasteiger partial charge in [-0.3, -0.25) is 4.90 Å². The van der Waals surface area contributed by atoms with Crippen LogP contribution in [0, 0.1) is 0 Å². The van der Waals surface area contributed by atoms with Gasteiger partial charge in [-0.15, -0.1) is 0 Å². The maximum atomic E-state index is 11.4. The SMILES string of the molecule is CCC1/C(=C/C(=O)OC)CCN1Cc1ccccc1. The van der Waals surface area contributed by atoms with Crippen molar-refractivity contribution in [3.8, 4) is 0 Å². The summed E-state index contributed by atoms with van der Waals surface area (Å²) in [6.07, 6.45) is 3.65. The summed E-state index contributed by atoms with van der Waals surface area (Å²) in [6.45, 7) is 4.12. The third-order valence-electron chi connectivity index (χ3n) is 3.68. The number of methoxy groups -OCH3 is 1. The molecule has 19 heavy (non-hydrogen) atoms. The lowest BCUT2D eigenvalue weighted by Crippen LogP contribution is -2.29. The summed E-state index contributed by atoms with van der Waals surface area (Å²) >= 11 is 0. The van der Waals surface area contributed by atoms with Crippen LogP contribution in [0.15, 0.2) is 42.0 Å². The number of carbonyl (C=O) groups excluding carboxylic acids is 1. The highest BCUT2D eigenvalue weighted by Crippen LogP contribution is 2.27. The first kappa shape index (κ1) is 13.8. The summed E-state index contributed by atoms with van der Waals surface area (Å²) in [6, 6.07) is 10.8. The summed E-state index contributed by atoms with van der Waals surface area (Å²) in [4.78, 5) is 13.8. The summed E-state index contributed by atoms with van der Waals surface area (Å²) in [5.74, 6) is -0.241. The van der Waals surface area contributed by atoms with Crippen LogP contribution in [0.1, 0.15) is 25.3 Å². The molecule has 1 aromatic rings. The van der Waals surface area contributed by atoms with E-state index in [0.29, 0.717) is 6.04 Å². The quantitative estimate of drug-likeness (QED) is 0.615. The van der Waals surface area contributed by atoms with Crippen LogP contribution in [0.3, 0.4) is 0 Å². The molecule has 0 bridgehead atoms. The minimum Gasteiger partial charge on any atom is -0.466 e. The molecule has 1 aliphatic rings. The molecule has 102 valence electrons. The Kier molecular flexibility index (Phi) is 4.74. The number of ether oxygens (including phenoxy) is 1. The zero-order chi connectivity index (χ0) is 13.7. The van der Waals surface area contributed by atoms with Gasteiger partial charge in [-0.1, -0.05) is 37.3 Å². The van der Waals surface area contributed by atoms with Gasteiger partial charge in [-0.2, -0.15) is 0 Å². The van der Waals surface area contributed by atoms with Crippen LogP contribution in [-0.2, 0) is 16.1 Å². The van der Waals surface area contributed by atoms with E-state index in [9.17, 15) is 4.79 Å². The number of hydrogen-bond acceptors (Lipinski definition) is 3. The lowest BCUT2D eigenvalue weighted by Gasteiger charge is -2.24. The fraction of sp³-hybridized carbons (Fsp3) is 0.438. The highest BCUT2D eigenvalue weighted by atomic mass is 16.5. The van der Waals surface area contributed by atoms with Crippen molar-refractivity contribution in [2.75, 3.05) is 13.7 Å². The third kappa shape index (κ3) is 3.44. The first-order valence-electron chi connectivity index (χ1n) is 6.81. The lowest BCUT2D eigenvalue weighted by atomic mass is 10.0. The first-order valence-corrected chi connectivity index (χ1v) is 6.81. The average Bonchev–Trinajstić information content (AvgIpc) is 2.81. The second-order valence-corrected chi connectivity index (χ2v) is 4.87. The average molecular weight is 259 g/mol. The van der Waals surface area contributed by atoms with Gasteiger partial charge < -0.3 is 4.74 Å². The Hall–Kier alpha value is -1.61. The Morgan fingerprint density at radius 2 is 2.16 bits per heavy atom. The predicted molar refractivity (Wildman–Crippen MR) is 75.6 cm³/mol. The lowest BCUT2D eigenvalue weighted by molar-refractivity contribution is -0.134. The Bertz CT molecular complexity index is 453. The van der Waals surface area contributed by atoms with Crippen LogP contribution in [0.25, 0.3) is 0 Å². The molecule has 1 fully saturated rings. The molecule has 3 nitrogen and oxygen atoms in total. The van der Waals surface area contributed by atoms with Gasteiger partial charge in [-0.05, 0) is 24.0 Å². The van der Waals surface area contributed by atoms with E-state index < -0.39 is 0 Å². The van der Waals surface area contributed by atoms with Gasteiger partial charge in [0.05, 0.1) is 7.11 Å². The van der Waals surface area contributed by atoms with E-state index in [1.165, 1.54) is 18.2 Å². The van der Waals surface area contributed by atoms with E-state index in [0.717, 1.165) is 25.9 Å². The maximum absolute atomic E-state index is 11.4. The Labute approximate surface area is 114 Å². The molecule has 1 heterocycles. The number of rotatable bonds is 4. The molecule has 0 aromatic heterocycles. The minimum absolute atomic E-state index is 0.241. The number of hydrogen-bond donors (Lipinski definition) is 0. The van der Waals surface area contributed by atoms with E-state index in [1.807, 2.05) is 6.07 Å². The van der Waals surface area contributed by atoms with Crippen molar-refractivity contribution < 1.29 is 9.53 Å². The molecular formula is C16H21NO2. The molecule has 0 aliphatic carbocycles. The Morgan fingerprint density at radius 1 is 1.42 bits per heavy atom. The molecule has 0 N–H and O–H groups in total. The van der Waals surface area contributed by atoms with Crippen molar-refractivity contribution in [1.29, 1.82) is 0 Å². The van der Waals surface area contributed by atoms with Crippen molar-refractivity contribution in [1.82, 2.24) is 4.90 Å². The molecule has 3 heteroatoms. The number of esters is 1. The van der Waals surface area contributed by atoms with Gasteiger partial charge in [0.15, 0.2) is 0 Å². The molecule has 1 saturated heterocycles. The van der Waals surface area contributed by atoms with Gasteiger partial charge in [0, 0.05) is 25.2 Å². The zero-order valence-corrected chi connectivity index (χ0v) is 11.6. The van der Waals surface area contributed by atoms with E-state index in [4.69, 9.17) is 4.74 Å². The maximum Gasteiger partial charge on any atom is 0.330 e. The third-order valence-corrected chi connectivity index (χ3v) is 3.68. The zero-order valence-electron chi connectivity index (χ0n) is 11.6. The molecule has 0 amide bonds. The molecule has 1 unspecified atom stereocenters. The van der Waals surface area contributed by atoms with Crippen LogP contribution in [0.5, 0.6) is 0 Å². The van der Waals surface area contributed by atoms with E-state index in [1.54, 1.807) is 6.08 Å². The normalized spacial score (nSPS) is 21.8. The molecule has 1 aromatic carbocycles. The highest BCUT2D eigenvalue weighted by Gasteiger charge is 2.28. The van der Waals surface area contributed by atoms with Crippen LogP contribution < -0.4 is 0 Å². The molecule has 1 aliphatic heterocycles. The molecule has 0 saturated carbocycles. The van der Waals surface area contributed by atoms with Crippen molar-refractivity contribution in [3.05, 3.63) is 47.5 Å². The summed E-state index contributed by atoms with van der Waals surface area (Å²) in [5.41, 5.74) is 2.52. The van der Waals surface area contributed by atoms with Crippen molar-refractivity contribution in [2.45, 2.75) is 32.4 Å². The summed E-state index contributed by atoms with van der Waals surface area (Å²) in [7, 11) is 1.43. The van der Waals surface area contributed by atoms with Crippen LogP contribution in [0.2, 0.25) is 0 Å². The highest BCUT2D eigenvalue weighted by molar-refractivity contribution is 5.83.